The first-order chi connectivity index (χ1) is 11.6. The first kappa shape index (κ1) is 21.8. The van der Waals surface area contributed by atoms with E-state index in [9.17, 15) is 26.7 Å². The molecule has 0 aliphatic rings. The van der Waals surface area contributed by atoms with E-state index in [0.717, 1.165) is 0 Å². The summed E-state index contributed by atoms with van der Waals surface area (Å²) in [6, 6.07) is 6.14. The van der Waals surface area contributed by atoms with Gasteiger partial charge in [-0.2, -0.15) is 18.3 Å². The van der Waals surface area contributed by atoms with Gasteiger partial charge in [-0.15, -0.1) is 12.4 Å². The molecule has 5 nitrogen and oxygen atoms in total. The van der Waals surface area contributed by atoms with Crippen LogP contribution < -0.4 is 11.1 Å². The quantitative estimate of drug-likeness (QED) is 0.761. The van der Waals surface area contributed by atoms with Crippen LogP contribution in [0.15, 0.2) is 30.5 Å². The van der Waals surface area contributed by atoms with E-state index in [1.165, 1.54) is 12.1 Å². The number of nitrogens with zero attached hydrogens (tertiary/aromatic N) is 2. The Hall–Kier alpha value is -2.20. The van der Waals surface area contributed by atoms with Crippen LogP contribution in [0.1, 0.15) is 21.6 Å². The van der Waals surface area contributed by atoms with Gasteiger partial charge in [-0.05, 0) is 18.6 Å². The number of rotatable bonds is 5. The molecule has 0 fully saturated rings. The third-order valence-corrected chi connectivity index (χ3v) is 3.43. The summed E-state index contributed by atoms with van der Waals surface area (Å²) in [5.41, 5.74) is 3.27. The van der Waals surface area contributed by atoms with E-state index >= 15 is 0 Å². The Bertz CT molecular complexity index is 776. The molecule has 0 aliphatic heterocycles. The number of hydrogen-bond donors (Lipinski definition) is 2. The van der Waals surface area contributed by atoms with Crippen molar-refractivity contribution in [3.63, 3.8) is 0 Å². The Morgan fingerprint density at radius 3 is 2.38 bits per heavy atom. The minimum absolute atomic E-state index is 0. The van der Waals surface area contributed by atoms with Crippen molar-refractivity contribution in [2.24, 2.45) is 5.73 Å². The number of alkyl halides is 5. The third-order valence-electron chi connectivity index (χ3n) is 3.43. The molecule has 0 saturated heterocycles. The summed E-state index contributed by atoms with van der Waals surface area (Å²) >= 11 is 0. The fraction of sp³-hybridized carbons (Fsp3) is 0.333. The Balaban J connectivity index is 0.00000338. The van der Waals surface area contributed by atoms with Crippen LogP contribution in [-0.4, -0.2) is 34.7 Å². The molecule has 1 heterocycles. The summed E-state index contributed by atoms with van der Waals surface area (Å²) in [7, 11) is 0. The van der Waals surface area contributed by atoms with Gasteiger partial charge < -0.3 is 11.1 Å². The second-order valence-corrected chi connectivity index (χ2v) is 5.35. The number of para-hydroxylation sites is 1. The van der Waals surface area contributed by atoms with Crippen LogP contribution in [0.25, 0.3) is 5.69 Å². The molecule has 1 amide bonds. The van der Waals surface area contributed by atoms with Gasteiger partial charge in [0.15, 0.2) is 5.69 Å². The Morgan fingerprint density at radius 1 is 1.23 bits per heavy atom. The highest BCUT2D eigenvalue weighted by Gasteiger charge is 2.41. The molecule has 11 heteroatoms. The van der Waals surface area contributed by atoms with Crippen LogP contribution in [0.2, 0.25) is 0 Å². The smallest absolute Gasteiger partial charge is 0.346 e. The standard InChI is InChI=1S/C15H15F5N4O.ClH/c1-9-4-2-3-5-11(9)24-12(15(18,19)20)10(6-23-24)13(25)22-8-14(16,17)7-21;/h2-6H,7-8,21H2,1H3,(H,22,25);1H. The predicted molar refractivity (Wildman–Crippen MR) is 86.9 cm³/mol. The number of carbonyl (C=O) groups excluding carboxylic acids is 1. The molecular weight excluding hydrogens is 383 g/mol. The molecule has 144 valence electrons. The zero-order chi connectivity index (χ0) is 18.8. The van der Waals surface area contributed by atoms with Crippen molar-refractivity contribution in [2.75, 3.05) is 13.1 Å². The lowest BCUT2D eigenvalue weighted by atomic mass is 10.1. The van der Waals surface area contributed by atoms with Crippen molar-refractivity contribution in [1.82, 2.24) is 15.1 Å². The zero-order valence-electron chi connectivity index (χ0n) is 13.5. The molecule has 0 aliphatic carbocycles. The Kier molecular flexibility index (Phi) is 6.72. The van der Waals surface area contributed by atoms with Crippen molar-refractivity contribution < 1.29 is 26.7 Å². The van der Waals surface area contributed by atoms with Gasteiger partial charge >= 0.3 is 6.18 Å². The van der Waals surface area contributed by atoms with Crippen molar-refractivity contribution in [1.29, 1.82) is 0 Å². The Morgan fingerprint density at radius 2 is 1.85 bits per heavy atom. The largest absolute Gasteiger partial charge is 0.434 e. The summed E-state index contributed by atoms with van der Waals surface area (Å²) in [4.78, 5) is 12.0. The first-order valence-corrected chi connectivity index (χ1v) is 7.14. The fourth-order valence-electron chi connectivity index (χ4n) is 2.15. The number of hydrogen-bond acceptors (Lipinski definition) is 3. The molecule has 0 saturated carbocycles. The lowest BCUT2D eigenvalue weighted by molar-refractivity contribution is -0.143. The van der Waals surface area contributed by atoms with Crippen molar-refractivity contribution in [3.8, 4) is 5.69 Å². The molecule has 0 radical (unpaired) electrons. The summed E-state index contributed by atoms with van der Waals surface area (Å²) < 4.78 is 67.1. The second-order valence-electron chi connectivity index (χ2n) is 5.35. The number of amides is 1. The van der Waals surface area contributed by atoms with Gasteiger partial charge in [0.05, 0.1) is 30.5 Å². The van der Waals surface area contributed by atoms with Crippen LogP contribution in [0.3, 0.4) is 0 Å². The van der Waals surface area contributed by atoms with E-state index in [-0.39, 0.29) is 18.1 Å². The Labute approximate surface area is 151 Å². The molecule has 0 unspecified atom stereocenters. The minimum atomic E-state index is -4.91. The average Bonchev–Trinajstić information content (AvgIpc) is 2.98. The van der Waals surface area contributed by atoms with E-state index in [2.05, 4.69) is 5.10 Å². The summed E-state index contributed by atoms with van der Waals surface area (Å²) in [6.07, 6.45) is -4.22. The third kappa shape index (κ3) is 4.70. The van der Waals surface area contributed by atoms with Crippen LogP contribution in [0.4, 0.5) is 22.0 Å². The number of nitrogens with two attached hydrogens (primary N) is 1. The number of aromatic nitrogens is 2. The van der Waals surface area contributed by atoms with Gasteiger partial charge in [0.25, 0.3) is 11.8 Å². The van der Waals surface area contributed by atoms with E-state index < -0.39 is 42.4 Å². The van der Waals surface area contributed by atoms with Gasteiger partial charge in [-0.25, -0.2) is 13.5 Å². The number of carbonyl (C=O) groups is 1. The lowest BCUT2D eigenvalue weighted by Gasteiger charge is -2.16. The van der Waals surface area contributed by atoms with Crippen LogP contribution in [0.5, 0.6) is 0 Å². The molecule has 0 bridgehead atoms. The monoisotopic (exact) mass is 398 g/mol. The van der Waals surface area contributed by atoms with Gasteiger partial charge in [-0.3, -0.25) is 4.79 Å². The van der Waals surface area contributed by atoms with Crippen LogP contribution in [-0.2, 0) is 6.18 Å². The molecule has 0 spiro atoms. The number of halogens is 6. The molecule has 2 rings (SSSR count). The second kappa shape index (κ2) is 8.00. The maximum atomic E-state index is 13.5. The lowest BCUT2D eigenvalue weighted by Crippen LogP contribution is -2.41. The van der Waals surface area contributed by atoms with Gasteiger partial charge in [0.2, 0.25) is 0 Å². The first-order valence-electron chi connectivity index (χ1n) is 7.14. The number of aryl methyl sites for hydroxylation is 1. The van der Waals surface area contributed by atoms with Gasteiger partial charge in [0, 0.05) is 0 Å². The van der Waals surface area contributed by atoms with E-state index in [0.29, 0.717) is 16.4 Å². The van der Waals surface area contributed by atoms with Crippen molar-refractivity contribution in [2.45, 2.75) is 19.0 Å². The predicted octanol–water partition coefficient (Wildman–Crippen LogP) is 2.95. The highest BCUT2D eigenvalue weighted by atomic mass is 35.5. The van der Waals surface area contributed by atoms with Crippen molar-refractivity contribution in [3.05, 3.63) is 47.3 Å². The van der Waals surface area contributed by atoms with Crippen LogP contribution >= 0.6 is 12.4 Å². The maximum Gasteiger partial charge on any atom is 0.434 e. The molecular formula is C15H16ClF5N4O. The van der Waals surface area contributed by atoms with Gasteiger partial charge in [-0.1, -0.05) is 18.2 Å². The summed E-state index contributed by atoms with van der Waals surface area (Å²) in [5, 5.41) is 5.38. The van der Waals surface area contributed by atoms with E-state index in [4.69, 9.17) is 5.73 Å². The fourth-order valence-corrected chi connectivity index (χ4v) is 2.15. The maximum absolute atomic E-state index is 13.5. The topological polar surface area (TPSA) is 72.9 Å². The van der Waals surface area contributed by atoms with E-state index in [1.54, 1.807) is 24.4 Å². The highest BCUT2D eigenvalue weighted by Crippen LogP contribution is 2.34. The summed E-state index contributed by atoms with van der Waals surface area (Å²) in [5.74, 6) is -4.72. The summed E-state index contributed by atoms with van der Waals surface area (Å²) in [6.45, 7) is -0.629. The highest BCUT2D eigenvalue weighted by molar-refractivity contribution is 5.95. The van der Waals surface area contributed by atoms with Gasteiger partial charge in [0.1, 0.15) is 0 Å². The normalized spacial score (nSPS) is 11.8. The van der Waals surface area contributed by atoms with Crippen molar-refractivity contribution >= 4 is 18.3 Å². The average molecular weight is 399 g/mol. The molecule has 1 aromatic heterocycles. The minimum Gasteiger partial charge on any atom is -0.346 e. The number of nitrogens with one attached hydrogen (secondary N) is 1. The van der Waals surface area contributed by atoms with Crippen LogP contribution in [0, 0.1) is 6.92 Å². The molecule has 3 N–H and O–H groups in total. The molecule has 2 aromatic rings. The van der Waals surface area contributed by atoms with E-state index in [1.807, 2.05) is 0 Å². The molecule has 0 atom stereocenters. The SMILES string of the molecule is Cc1ccccc1-n1ncc(C(=O)NCC(F)(F)CN)c1C(F)(F)F.Cl. The molecule has 26 heavy (non-hydrogen) atoms. The molecule has 1 aromatic carbocycles. The zero-order valence-corrected chi connectivity index (χ0v) is 14.3. The number of benzene rings is 1.